The van der Waals surface area contributed by atoms with Crippen LogP contribution >= 0.6 is 23.2 Å². The van der Waals surface area contributed by atoms with Crippen molar-refractivity contribution < 1.29 is 0 Å². The molecule has 0 saturated carbocycles. The number of benzene rings is 1. The number of anilines is 1. The van der Waals surface area contributed by atoms with Gasteiger partial charge in [0.1, 0.15) is 11.6 Å². The van der Waals surface area contributed by atoms with Gasteiger partial charge in [-0.15, -0.1) is 5.10 Å². The van der Waals surface area contributed by atoms with E-state index in [1.807, 2.05) is 36.4 Å². The van der Waals surface area contributed by atoms with Crippen molar-refractivity contribution in [2.45, 2.75) is 6.54 Å². The van der Waals surface area contributed by atoms with Gasteiger partial charge >= 0.3 is 0 Å². The summed E-state index contributed by atoms with van der Waals surface area (Å²) in [5.74, 6) is 0.677. The SMILES string of the molecule is N#Cc1c(N2CCN(Cc3ccc(Cl)c(Cl)c3)CC2)nn2c(-c3ccncc3)ccnc12. The summed E-state index contributed by atoms with van der Waals surface area (Å²) in [5, 5.41) is 15.8. The lowest BCUT2D eigenvalue weighted by Crippen LogP contribution is -2.46. The number of fused-ring (bicyclic) bond motifs is 1. The molecule has 0 spiro atoms. The Hall–Kier alpha value is -3.18. The van der Waals surface area contributed by atoms with Crippen LogP contribution in [-0.2, 0) is 6.54 Å². The quantitative estimate of drug-likeness (QED) is 0.449. The third-order valence-corrected chi connectivity index (χ3v) is 6.39. The average Bonchev–Trinajstić information content (AvgIpc) is 3.21. The predicted molar refractivity (Wildman–Crippen MR) is 125 cm³/mol. The van der Waals surface area contributed by atoms with Gasteiger partial charge in [-0.05, 0) is 35.9 Å². The fourth-order valence-corrected chi connectivity index (χ4v) is 4.33. The Bertz CT molecular complexity index is 1310. The maximum absolute atomic E-state index is 9.88. The van der Waals surface area contributed by atoms with Gasteiger partial charge < -0.3 is 4.90 Å². The number of pyridine rings is 1. The summed E-state index contributed by atoms with van der Waals surface area (Å²) in [4.78, 5) is 13.0. The van der Waals surface area contributed by atoms with Crippen molar-refractivity contribution in [3.05, 3.63) is 76.2 Å². The maximum atomic E-state index is 9.88. The van der Waals surface area contributed by atoms with Crippen molar-refractivity contribution in [3.63, 3.8) is 0 Å². The number of rotatable bonds is 4. The van der Waals surface area contributed by atoms with Gasteiger partial charge in [0.15, 0.2) is 11.5 Å². The molecule has 1 aromatic carbocycles. The second kappa shape index (κ2) is 8.75. The smallest absolute Gasteiger partial charge is 0.175 e. The van der Waals surface area contributed by atoms with Crippen LogP contribution in [0.5, 0.6) is 0 Å². The Morgan fingerprint density at radius 2 is 1.72 bits per heavy atom. The van der Waals surface area contributed by atoms with Crippen molar-refractivity contribution in [2.24, 2.45) is 0 Å². The van der Waals surface area contributed by atoms with E-state index < -0.39 is 0 Å². The van der Waals surface area contributed by atoms with Crippen molar-refractivity contribution in [3.8, 4) is 17.3 Å². The number of halogens is 2. The van der Waals surface area contributed by atoms with Crippen molar-refractivity contribution >= 4 is 34.7 Å². The van der Waals surface area contributed by atoms with Crippen LogP contribution in [0.3, 0.4) is 0 Å². The standard InChI is InChI=1S/C23H19Cl2N7/c24-19-2-1-16(13-20(19)25)15-30-9-11-31(12-10-30)23-18(14-26)22-28-8-5-21(32(22)29-23)17-3-6-27-7-4-17/h1-8,13H,9-12,15H2. The zero-order valence-electron chi connectivity index (χ0n) is 17.1. The van der Waals surface area contributed by atoms with E-state index in [0.29, 0.717) is 27.1 Å². The minimum absolute atomic E-state index is 0.499. The van der Waals surface area contributed by atoms with E-state index in [-0.39, 0.29) is 0 Å². The van der Waals surface area contributed by atoms with Crippen molar-refractivity contribution in [2.75, 3.05) is 31.1 Å². The van der Waals surface area contributed by atoms with Gasteiger partial charge in [-0.2, -0.15) is 5.26 Å². The van der Waals surface area contributed by atoms with Gasteiger partial charge in [-0.1, -0.05) is 29.3 Å². The molecular formula is C23H19Cl2N7. The number of nitrogens with zero attached hydrogens (tertiary/aromatic N) is 7. The Labute approximate surface area is 195 Å². The summed E-state index contributed by atoms with van der Waals surface area (Å²) < 4.78 is 1.76. The van der Waals surface area contributed by atoms with Crippen LogP contribution in [0.4, 0.5) is 5.82 Å². The van der Waals surface area contributed by atoms with Gasteiger partial charge in [0.05, 0.1) is 15.7 Å². The van der Waals surface area contributed by atoms with Crippen LogP contribution in [0.1, 0.15) is 11.1 Å². The number of nitriles is 1. The molecule has 1 fully saturated rings. The summed E-state index contributed by atoms with van der Waals surface area (Å²) in [5.41, 5.74) is 4.04. The molecule has 1 aliphatic rings. The van der Waals surface area contributed by atoms with Crippen LogP contribution < -0.4 is 4.90 Å². The van der Waals surface area contributed by atoms with Crippen LogP contribution in [-0.4, -0.2) is 50.7 Å². The van der Waals surface area contributed by atoms with Gasteiger partial charge in [0, 0.05) is 56.9 Å². The summed E-state index contributed by atoms with van der Waals surface area (Å²) >= 11 is 12.2. The Balaban J connectivity index is 1.38. The summed E-state index contributed by atoms with van der Waals surface area (Å²) in [6.07, 6.45) is 5.20. The van der Waals surface area contributed by atoms with E-state index in [0.717, 1.165) is 49.5 Å². The number of hydrogen-bond donors (Lipinski definition) is 0. The predicted octanol–water partition coefficient (Wildman–Crippen LogP) is 4.29. The molecule has 0 amide bonds. The van der Waals surface area contributed by atoms with E-state index in [1.54, 1.807) is 23.1 Å². The summed E-state index contributed by atoms with van der Waals surface area (Å²) in [7, 11) is 0. The summed E-state index contributed by atoms with van der Waals surface area (Å²) in [6, 6.07) is 13.8. The van der Waals surface area contributed by atoms with Gasteiger partial charge in [-0.25, -0.2) is 9.50 Å². The van der Waals surface area contributed by atoms with Crippen LogP contribution in [0.15, 0.2) is 55.0 Å². The van der Waals surface area contributed by atoms with Crippen molar-refractivity contribution in [1.82, 2.24) is 24.5 Å². The van der Waals surface area contributed by atoms with Gasteiger partial charge in [0.25, 0.3) is 0 Å². The Morgan fingerprint density at radius 3 is 2.44 bits per heavy atom. The van der Waals surface area contributed by atoms with E-state index in [4.69, 9.17) is 28.3 Å². The first-order valence-corrected chi connectivity index (χ1v) is 11.0. The summed E-state index contributed by atoms with van der Waals surface area (Å²) in [6.45, 7) is 4.04. The molecule has 0 radical (unpaired) electrons. The lowest BCUT2D eigenvalue weighted by Gasteiger charge is -2.35. The zero-order chi connectivity index (χ0) is 22.1. The largest absolute Gasteiger partial charge is 0.351 e. The lowest BCUT2D eigenvalue weighted by molar-refractivity contribution is 0.249. The molecule has 32 heavy (non-hydrogen) atoms. The lowest BCUT2D eigenvalue weighted by atomic mass is 10.2. The monoisotopic (exact) mass is 463 g/mol. The highest BCUT2D eigenvalue weighted by molar-refractivity contribution is 6.42. The normalized spacial score (nSPS) is 14.6. The molecule has 5 rings (SSSR count). The molecule has 0 atom stereocenters. The molecule has 4 heterocycles. The van der Waals surface area contributed by atoms with Gasteiger partial charge in [-0.3, -0.25) is 9.88 Å². The molecular weight excluding hydrogens is 445 g/mol. The van der Waals surface area contributed by atoms with Gasteiger partial charge in [0.2, 0.25) is 0 Å². The minimum Gasteiger partial charge on any atom is -0.351 e. The topological polar surface area (TPSA) is 73.4 Å². The molecule has 7 nitrogen and oxygen atoms in total. The third-order valence-electron chi connectivity index (χ3n) is 5.65. The molecule has 1 saturated heterocycles. The fraction of sp³-hybridized carbons (Fsp3) is 0.217. The molecule has 0 N–H and O–H groups in total. The zero-order valence-corrected chi connectivity index (χ0v) is 18.6. The Morgan fingerprint density at radius 1 is 0.938 bits per heavy atom. The highest BCUT2D eigenvalue weighted by atomic mass is 35.5. The highest BCUT2D eigenvalue weighted by Gasteiger charge is 2.25. The fourth-order valence-electron chi connectivity index (χ4n) is 4.01. The first kappa shape index (κ1) is 20.7. The molecule has 160 valence electrons. The highest BCUT2D eigenvalue weighted by Crippen LogP contribution is 2.28. The molecule has 1 aliphatic heterocycles. The minimum atomic E-state index is 0.499. The third kappa shape index (κ3) is 3.89. The van der Waals surface area contributed by atoms with E-state index >= 15 is 0 Å². The second-order valence-electron chi connectivity index (χ2n) is 7.62. The van der Waals surface area contributed by atoms with E-state index in [2.05, 4.69) is 25.8 Å². The maximum Gasteiger partial charge on any atom is 0.175 e. The number of hydrogen-bond acceptors (Lipinski definition) is 6. The first-order valence-electron chi connectivity index (χ1n) is 10.2. The molecule has 9 heteroatoms. The second-order valence-corrected chi connectivity index (χ2v) is 8.44. The van der Waals surface area contributed by atoms with Crippen LogP contribution in [0.2, 0.25) is 10.0 Å². The van der Waals surface area contributed by atoms with Crippen LogP contribution in [0.25, 0.3) is 16.9 Å². The number of aromatic nitrogens is 4. The van der Waals surface area contributed by atoms with Crippen LogP contribution in [0, 0.1) is 11.3 Å². The molecule has 0 unspecified atom stereocenters. The molecule has 0 aliphatic carbocycles. The molecule has 3 aromatic heterocycles. The Kier molecular flexibility index (Phi) is 5.66. The molecule has 4 aromatic rings. The average molecular weight is 464 g/mol. The number of piperazine rings is 1. The first-order chi connectivity index (χ1) is 15.6. The van der Waals surface area contributed by atoms with E-state index in [9.17, 15) is 5.26 Å². The van der Waals surface area contributed by atoms with Crippen molar-refractivity contribution in [1.29, 1.82) is 5.26 Å². The molecule has 0 bridgehead atoms. The van der Waals surface area contributed by atoms with E-state index in [1.165, 1.54) is 0 Å².